The number of hydrogen-bond donors (Lipinski definition) is 2. The zero-order chi connectivity index (χ0) is 10.3. The molecule has 0 atom stereocenters. The quantitative estimate of drug-likeness (QED) is 0.768. The van der Waals surface area contributed by atoms with Crippen LogP contribution in [-0.2, 0) is 0 Å². The fraction of sp³-hybridized carbons (Fsp3) is 0. The van der Waals surface area contributed by atoms with Gasteiger partial charge in [0.15, 0.2) is 0 Å². The molecule has 72 valence electrons. The smallest absolute Gasteiger partial charge is 0.339 e. The maximum atomic E-state index is 10.8. The zero-order valence-electron chi connectivity index (χ0n) is 6.95. The molecule has 0 fully saturated rings. The monoisotopic (exact) mass is 255 g/mol. The molecule has 0 radical (unpaired) electrons. The van der Waals surface area contributed by atoms with Crippen molar-refractivity contribution in [1.82, 2.24) is 0 Å². The molecule has 0 unspecified atom stereocenters. The number of carboxylic acid groups (broad SMARTS) is 1. The Morgan fingerprint density at radius 2 is 2.21 bits per heavy atom. The number of aromatic carboxylic acids is 1. The number of carboxylic acids is 1. The molecule has 1 aromatic heterocycles. The average molecular weight is 256 g/mol. The van der Waals surface area contributed by atoms with Gasteiger partial charge in [0.2, 0.25) is 0 Å². The molecule has 2 rings (SSSR count). The number of carbonyl (C=O) groups is 1. The van der Waals surface area contributed by atoms with Crippen LogP contribution in [-0.4, -0.2) is 11.1 Å². The molecule has 14 heavy (non-hydrogen) atoms. The highest BCUT2D eigenvalue weighted by Crippen LogP contribution is 2.32. The summed E-state index contributed by atoms with van der Waals surface area (Å²) in [5, 5.41) is 9.29. The lowest BCUT2D eigenvalue weighted by molar-refractivity contribution is 0.0698. The Kier molecular flexibility index (Phi) is 1.96. The van der Waals surface area contributed by atoms with Crippen LogP contribution in [0.3, 0.4) is 0 Å². The van der Waals surface area contributed by atoms with Gasteiger partial charge in [-0.3, -0.25) is 0 Å². The largest absolute Gasteiger partial charge is 0.478 e. The van der Waals surface area contributed by atoms with Gasteiger partial charge in [0.1, 0.15) is 17.4 Å². The van der Waals surface area contributed by atoms with Gasteiger partial charge in [-0.1, -0.05) is 0 Å². The van der Waals surface area contributed by atoms with Crippen molar-refractivity contribution < 1.29 is 14.3 Å². The van der Waals surface area contributed by atoms with Gasteiger partial charge in [-0.2, -0.15) is 0 Å². The van der Waals surface area contributed by atoms with E-state index in [0.29, 0.717) is 21.1 Å². The third kappa shape index (κ3) is 1.17. The summed E-state index contributed by atoms with van der Waals surface area (Å²) in [4.78, 5) is 10.8. The van der Waals surface area contributed by atoms with Gasteiger partial charge < -0.3 is 15.3 Å². The molecule has 1 heterocycles. The molecule has 1 aromatic carbocycles. The molecule has 3 N–H and O–H groups in total. The van der Waals surface area contributed by atoms with E-state index in [2.05, 4.69) is 15.9 Å². The molecule has 0 spiro atoms. The van der Waals surface area contributed by atoms with E-state index in [4.69, 9.17) is 15.3 Å². The summed E-state index contributed by atoms with van der Waals surface area (Å²) in [7, 11) is 0. The normalized spacial score (nSPS) is 10.6. The molecular formula is C9H6BrNO3. The molecule has 0 bridgehead atoms. The number of hydrogen-bond acceptors (Lipinski definition) is 3. The maximum absolute atomic E-state index is 10.8. The number of nitrogen functional groups attached to an aromatic ring is 1. The summed E-state index contributed by atoms with van der Waals surface area (Å²) in [6.07, 6.45) is 1.19. The molecule has 0 saturated heterocycles. The molecule has 0 aliphatic carbocycles. The van der Waals surface area contributed by atoms with Gasteiger partial charge in [0, 0.05) is 4.47 Å². The standard InChI is InChI=1S/C9H6BrNO3/c10-5-1-2-6-7(8(5)11)4(3-14-6)9(12)13/h1-3H,11H2,(H,12,13). The van der Waals surface area contributed by atoms with E-state index < -0.39 is 5.97 Å². The number of benzene rings is 1. The first-order valence-corrected chi connectivity index (χ1v) is 4.59. The highest BCUT2D eigenvalue weighted by molar-refractivity contribution is 9.10. The predicted octanol–water partition coefficient (Wildman–Crippen LogP) is 2.48. The lowest BCUT2D eigenvalue weighted by Crippen LogP contribution is -1.96. The Labute approximate surface area is 87.4 Å². The van der Waals surface area contributed by atoms with Crippen molar-refractivity contribution in [3.05, 3.63) is 28.4 Å². The highest BCUT2D eigenvalue weighted by atomic mass is 79.9. The van der Waals surface area contributed by atoms with Gasteiger partial charge in [0.25, 0.3) is 0 Å². The molecule has 0 saturated carbocycles. The van der Waals surface area contributed by atoms with Crippen molar-refractivity contribution in [3.63, 3.8) is 0 Å². The van der Waals surface area contributed by atoms with Crippen LogP contribution in [0.2, 0.25) is 0 Å². The van der Waals surface area contributed by atoms with Gasteiger partial charge >= 0.3 is 5.97 Å². The third-order valence-corrected chi connectivity index (χ3v) is 2.65. The Bertz CT molecular complexity index is 518. The number of halogens is 1. The van der Waals surface area contributed by atoms with Gasteiger partial charge in [-0.15, -0.1) is 0 Å². The summed E-state index contributed by atoms with van der Waals surface area (Å²) < 4.78 is 5.73. The predicted molar refractivity (Wildman–Crippen MR) is 55.3 cm³/mol. The second kappa shape index (κ2) is 3.02. The van der Waals surface area contributed by atoms with Crippen LogP contribution in [0.5, 0.6) is 0 Å². The van der Waals surface area contributed by atoms with Crippen molar-refractivity contribution in [2.75, 3.05) is 5.73 Å². The Morgan fingerprint density at radius 1 is 1.50 bits per heavy atom. The van der Waals surface area contributed by atoms with Crippen molar-refractivity contribution in [1.29, 1.82) is 0 Å². The molecule has 0 aliphatic heterocycles. The zero-order valence-corrected chi connectivity index (χ0v) is 8.54. The van der Waals surface area contributed by atoms with Crippen molar-refractivity contribution in [3.8, 4) is 0 Å². The fourth-order valence-electron chi connectivity index (χ4n) is 1.29. The van der Waals surface area contributed by atoms with Crippen molar-refractivity contribution in [2.45, 2.75) is 0 Å². The molecule has 0 amide bonds. The van der Waals surface area contributed by atoms with E-state index in [9.17, 15) is 4.79 Å². The Hall–Kier alpha value is -1.49. The summed E-state index contributed by atoms with van der Waals surface area (Å²) in [5.74, 6) is -1.05. The number of anilines is 1. The topological polar surface area (TPSA) is 76.5 Å². The minimum absolute atomic E-state index is 0.0822. The van der Waals surface area contributed by atoms with Crippen LogP contribution >= 0.6 is 15.9 Å². The van der Waals surface area contributed by atoms with Crippen molar-refractivity contribution >= 4 is 38.6 Å². The first-order chi connectivity index (χ1) is 6.61. The van der Waals surface area contributed by atoms with E-state index in [0.717, 1.165) is 0 Å². The second-order valence-electron chi connectivity index (χ2n) is 2.79. The van der Waals surface area contributed by atoms with Crippen LogP contribution < -0.4 is 5.73 Å². The van der Waals surface area contributed by atoms with E-state index in [1.54, 1.807) is 12.1 Å². The lowest BCUT2D eigenvalue weighted by Gasteiger charge is -1.99. The van der Waals surface area contributed by atoms with Gasteiger partial charge in [-0.25, -0.2) is 4.79 Å². The van der Waals surface area contributed by atoms with Crippen LogP contribution in [0, 0.1) is 0 Å². The average Bonchev–Trinajstić information content (AvgIpc) is 2.55. The molecular weight excluding hydrogens is 250 g/mol. The SMILES string of the molecule is Nc1c(Br)ccc2occ(C(=O)O)c12. The summed E-state index contributed by atoms with van der Waals surface area (Å²) in [6.45, 7) is 0. The van der Waals surface area contributed by atoms with Crippen LogP contribution in [0.4, 0.5) is 5.69 Å². The summed E-state index contributed by atoms with van der Waals surface area (Å²) in [5.41, 5.74) is 6.67. The van der Waals surface area contributed by atoms with Crippen molar-refractivity contribution in [2.24, 2.45) is 0 Å². The summed E-state index contributed by atoms with van der Waals surface area (Å²) >= 11 is 3.22. The van der Waals surface area contributed by atoms with Crippen LogP contribution in [0.1, 0.15) is 10.4 Å². The van der Waals surface area contributed by atoms with Gasteiger partial charge in [0.05, 0.1) is 11.1 Å². The maximum Gasteiger partial charge on any atom is 0.339 e. The first kappa shape index (κ1) is 9.08. The number of furan rings is 1. The van der Waals surface area contributed by atoms with Crippen LogP contribution in [0.25, 0.3) is 11.0 Å². The summed E-state index contributed by atoms with van der Waals surface area (Å²) in [6, 6.07) is 3.38. The lowest BCUT2D eigenvalue weighted by atomic mass is 10.1. The van der Waals surface area contributed by atoms with E-state index in [-0.39, 0.29) is 5.56 Å². The van der Waals surface area contributed by atoms with E-state index in [1.807, 2.05) is 0 Å². The third-order valence-electron chi connectivity index (χ3n) is 1.96. The minimum atomic E-state index is -1.05. The molecule has 0 aliphatic rings. The number of rotatable bonds is 1. The van der Waals surface area contributed by atoms with Gasteiger partial charge in [-0.05, 0) is 28.1 Å². The molecule has 2 aromatic rings. The van der Waals surface area contributed by atoms with E-state index >= 15 is 0 Å². The molecule has 4 nitrogen and oxygen atoms in total. The fourth-order valence-corrected chi connectivity index (χ4v) is 1.62. The Balaban J connectivity index is 2.89. The van der Waals surface area contributed by atoms with E-state index in [1.165, 1.54) is 6.26 Å². The highest BCUT2D eigenvalue weighted by Gasteiger charge is 2.16. The van der Waals surface area contributed by atoms with Crippen LogP contribution in [0.15, 0.2) is 27.3 Å². The Morgan fingerprint density at radius 3 is 2.86 bits per heavy atom. The first-order valence-electron chi connectivity index (χ1n) is 3.79. The number of fused-ring (bicyclic) bond motifs is 1. The minimum Gasteiger partial charge on any atom is -0.478 e. The molecule has 5 heteroatoms. The number of nitrogens with two attached hydrogens (primary N) is 1. The second-order valence-corrected chi connectivity index (χ2v) is 3.64.